The molecule has 2 aromatic carbocycles. The van der Waals surface area contributed by atoms with Crippen LogP contribution < -0.4 is 0 Å². The first-order valence-electron chi connectivity index (χ1n) is 5.97. The molecule has 0 radical (unpaired) electrons. The molecule has 0 aliphatic rings. The molecule has 3 nitrogen and oxygen atoms in total. The van der Waals surface area contributed by atoms with Crippen LogP contribution in [0, 0.1) is 6.92 Å². The predicted molar refractivity (Wildman–Crippen MR) is 88.1 cm³/mol. The lowest BCUT2D eigenvalue weighted by atomic mass is 9.95. The van der Waals surface area contributed by atoms with Crippen molar-refractivity contribution in [1.82, 2.24) is 0 Å². The number of carboxylic acid groups (broad SMARTS) is 1. The summed E-state index contributed by atoms with van der Waals surface area (Å²) < 4.78 is 0. The average molecular weight is 378 g/mol. The minimum Gasteiger partial charge on any atom is -0.478 e. The minimum atomic E-state index is -1.41. The Balaban J connectivity index is 2.83. The van der Waals surface area contributed by atoms with E-state index < -0.39 is 17.3 Å². The van der Waals surface area contributed by atoms with E-state index in [9.17, 15) is 14.7 Å². The fourth-order valence-corrected chi connectivity index (χ4v) is 3.03. The lowest BCUT2D eigenvalue weighted by Crippen LogP contribution is -2.13. The monoisotopic (exact) mass is 376 g/mol. The second-order valence-corrected chi connectivity index (χ2v) is 5.97. The molecule has 22 heavy (non-hydrogen) atoms. The van der Waals surface area contributed by atoms with Gasteiger partial charge in [-0.15, -0.1) is 0 Å². The van der Waals surface area contributed by atoms with Gasteiger partial charge in [0.2, 0.25) is 0 Å². The van der Waals surface area contributed by atoms with Crippen LogP contribution in [0.2, 0.25) is 20.1 Å². The van der Waals surface area contributed by atoms with Crippen molar-refractivity contribution in [2.24, 2.45) is 0 Å². The van der Waals surface area contributed by atoms with Crippen molar-refractivity contribution in [1.29, 1.82) is 0 Å². The first-order valence-corrected chi connectivity index (χ1v) is 7.48. The molecule has 7 heteroatoms. The van der Waals surface area contributed by atoms with E-state index >= 15 is 0 Å². The van der Waals surface area contributed by atoms with Crippen molar-refractivity contribution >= 4 is 58.2 Å². The molecule has 0 saturated carbocycles. The quantitative estimate of drug-likeness (QED) is 0.434. The molecule has 0 unspecified atom stereocenters. The zero-order chi connectivity index (χ0) is 16.6. The number of hydrogen-bond acceptors (Lipinski definition) is 2. The van der Waals surface area contributed by atoms with Crippen molar-refractivity contribution in [3.05, 3.63) is 66.6 Å². The van der Waals surface area contributed by atoms with Crippen molar-refractivity contribution in [3.63, 3.8) is 0 Å². The molecule has 2 aromatic rings. The summed E-state index contributed by atoms with van der Waals surface area (Å²) in [5, 5.41) is 8.44. The number of carboxylic acids is 1. The normalized spacial score (nSPS) is 10.6. The second-order valence-electron chi connectivity index (χ2n) is 4.46. The number of ketones is 1. The third-order valence-corrected chi connectivity index (χ3v) is 4.90. The molecule has 0 heterocycles. The molecule has 114 valence electrons. The molecular weight excluding hydrogens is 370 g/mol. The summed E-state index contributed by atoms with van der Waals surface area (Å²) in [6.45, 7) is 1.72. The van der Waals surface area contributed by atoms with E-state index in [1.54, 1.807) is 31.2 Å². The van der Waals surface area contributed by atoms with Gasteiger partial charge in [-0.05, 0) is 12.5 Å². The number of benzene rings is 2. The molecule has 0 aromatic heterocycles. The number of aromatic carboxylic acids is 1. The summed E-state index contributed by atoms with van der Waals surface area (Å²) in [4.78, 5) is 24.2. The SMILES string of the molecule is Cc1ccccc1C(=O)c1c(Cl)c(Cl)c(Cl)c(Cl)c1C(=O)O. The maximum Gasteiger partial charge on any atom is 0.338 e. The molecule has 0 atom stereocenters. The van der Waals surface area contributed by atoms with Crippen LogP contribution >= 0.6 is 46.4 Å². The summed E-state index contributed by atoms with van der Waals surface area (Å²) in [6, 6.07) is 6.71. The predicted octanol–water partition coefficient (Wildman–Crippen LogP) is 5.54. The topological polar surface area (TPSA) is 54.4 Å². The Kier molecular flexibility index (Phi) is 5.03. The van der Waals surface area contributed by atoms with Gasteiger partial charge in [0, 0.05) is 5.56 Å². The van der Waals surface area contributed by atoms with E-state index in [0.717, 1.165) is 0 Å². The van der Waals surface area contributed by atoms with Gasteiger partial charge in [-0.2, -0.15) is 0 Å². The van der Waals surface area contributed by atoms with Gasteiger partial charge in [0.15, 0.2) is 5.78 Å². The van der Waals surface area contributed by atoms with Gasteiger partial charge in [-0.1, -0.05) is 70.7 Å². The summed E-state index contributed by atoms with van der Waals surface area (Å²) in [5.41, 5.74) is 0.237. The maximum atomic E-state index is 12.7. The highest BCUT2D eigenvalue weighted by Gasteiger charge is 2.29. The van der Waals surface area contributed by atoms with Gasteiger partial charge in [-0.3, -0.25) is 4.79 Å². The van der Waals surface area contributed by atoms with E-state index in [2.05, 4.69) is 0 Å². The third kappa shape index (κ3) is 2.82. The standard InChI is InChI=1S/C15H8Cl4O3/c1-6-4-2-3-5-7(6)14(20)8-9(15(21)22)11(17)13(19)12(18)10(8)16/h2-5H,1H3,(H,21,22). The van der Waals surface area contributed by atoms with E-state index in [1.807, 2.05) is 0 Å². The molecule has 0 saturated heterocycles. The van der Waals surface area contributed by atoms with Crippen LogP contribution in [0.25, 0.3) is 0 Å². The molecule has 0 fully saturated rings. The molecule has 0 bridgehead atoms. The van der Waals surface area contributed by atoms with Gasteiger partial charge in [0.1, 0.15) is 0 Å². The highest BCUT2D eigenvalue weighted by Crippen LogP contribution is 2.42. The summed E-state index contributed by atoms with van der Waals surface area (Å²) >= 11 is 23.8. The molecule has 2 rings (SSSR count). The number of aryl methyl sites for hydroxylation is 1. The largest absolute Gasteiger partial charge is 0.478 e. The van der Waals surface area contributed by atoms with Crippen LogP contribution in [0.3, 0.4) is 0 Å². The molecular formula is C15H8Cl4O3. The fourth-order valence-electron chi connectivity index (χ4n) is 2.01. The Hall–Kier alpha value is -1.26. The highest BCUT2D eigenvalue weighted by atomic mass is 35.5. The zero-order valence-electron chi connectivity index (χ0n) is 11.1. The Labute approximate surface area is 146 Å². The van der Waals surface area contributed by atoms with E-state index in [4.69, 9.17) is 46.4 Å². The lowest BCUT2D eigenvalue weighted by Gasteiger charge is -2.14. The van der Waals surface area contributed by atoms with Crippen LogP contribution in [0.4, 0.5) is 0 Å². The van der Waals surface area contributed by atoms with Crippen molar-refractivity contribution in [2.45, 2.75) is 6.92 Å². The fraction of sp³-hybridized carbons (Fsp3) is 0.0667. The van der Waals surface area contributed by atoms with Crippen LogP contribution in [0.5, 0.6) is 0 Å². The number of halogens is 4. The lowest BCUT2D eigenvalue weighted by molar-refractivity contribution is 0.0693. The molecule has 0 aliphatic heterocycles. The van der Waals surface area contributed by atoms with Gasteiger partial charge >= 0.3 is 5.97 Å². The summed E-state index contributed by atoms with van der Waals surface area (Å²) in [7, 11) is 0. The molecule has 0 spiro atoms. The highest BCUT2D eigenvalue weighted by molar-refractivity contribution is 6.54. The Bertz CT molecular complexity index is 800. The first-order chi connectivity index (χ1) is 10.3. The van der Waals surface area contributed by atoms with Gasteiger partial charge in [-0.25, -0.2) is 4.79 Å². The van der Waals surface area contributed by atoms with Crippen LogP contribution in [-0.2, 0) is 0 Å². The Morgan fingerprint density at radius 2 is 1.36 bits per heavy atom. The smallest absolute Gasteiger partial charge is 0.338 e. The summed E-state index contributed by atoms with van der Waals surface area (Å²) in [5.74, 6) is -2.00. The van der Waals surface area contributed by atoms with E-state index in [0.29, 0.717) is 11.1 Å². The number of hydrogen-bond donors (Lipinski definition) is 1. The number of carbonyl (C=O) groups is 2. The average Bonchev–Trinajstić information content (AvgIpc) is 2.48. The van der Waals surface area contributed by atoms with Gasteiger partial charge in [0.25, 0.3) is 0 Å². The van der Waals surface area contributed by atoms with Gasteiger partial charge in [0.05, 0.1) is 31.2 Å². The van der Waals surface area contributed by atoms with Gasteiger partial charge < -0.3 is 5.11 Å². The maximum absolute atomic E-state index is 12.7. The van der Waals surface area contributed by atoms with Crippen LogP contribution in [0.15, 0.2) is 24.3 Å². The number of rotatable bonds is 3. The third-order valence-electron chi connectivity index (χ3n) is 3.10. The second kappa shape index (κ2) is 6.47. The first kappa shape index (κ1) is 17.1. The van der Waals surface area contributed by atoms with E-state index in [-0.39, 0.29) is 25.7 Å². The van der Waals surface area contributed by atoms with Crippen molar-refractivity contribution in [2.75, 3.05) is 0 Å². The Morgan fingerprint density at radius 1 is 0.864 bits per heavy atom. The number of carbonyl (C=O) groups excluding carboxylic acids is 1. The molecule has 0 amide bonds. The van der Waals surface area contributed by atoms with Crippen molar-refractivity contribution in [3.8, 4) is 0 Å². The minimum absolute atomic E-state index is 0.157. The van der Waals surface area contributed by atoms with E-state index in [1.165, 1.54) is 0 Å². The van der Waals surface area contributed by atoms with Crippen LogP contribution in [0.1, 0.15) is 31.8 Å². The van der Waals surface area contributed by atoms with Crippen molar-refractivity contribution < 1.29 is 14.7 Å². The zero-order valence-corrected chi connectivity index (χ0v) is 14.1. The Morgan fingerprint density at radius 3 is 1.86 bits per heavy atom. The molecule has 1 N–H and O–H groups in total. The molecule has 0 aliphatic carbocycles. The summed E-state index contributed by atoms with van der Waals surface area (Å²) in [6.07, 6.45) is 0. The van der Waals surface area contributed by atoms with Crippen LogP contribution in [-0.4, -0.2) is 16.9 Å².